The average molecular weight is 382 g/mol. The van der Waals surface area contributed by atoms with Gasteiger partial charge in [0.1, 0.15) is 0 Å². The summed E-state index contributed by atoms with van der Waals surface area (Å²) in [5, 5.41) is 12.0. The Morgan fingerprint density at radius 1 is 1.12 bits per heavy atom. The highest BCUT2D eigenvalue weighted by Crippen LogP contribution is 2.33. The van der Waals surface area contributed by atoms with Crippen molar-refractivity contribution in [3.8, 4) is 0 Å². The van der Waals surface area contributed by atoms with Crippen LogP contribution in [0.2, 0.25) is 0 Å². The van der Waals surface area contributed by atoms with E-state index < -0.39 is 21.5 Å². The number of amides is 1. The van der Waals surface area contributed by atoms with Gasteiger partial charge in [-0.15, -0.1) is 0 Å². The van der Waals surface area contributed by atoms with Gasteiger partial charge in [0, 0.05) is 18.7 Å². The maximum atomic E-state index is 12.5. The molecule has 0 aromatic heterocycles. The molecule has 1 aliphatic carbocycles. The summed E-state index contributed by atoms with van der Waals surface area (Å²) in [4.78, 5) is 23.8. The molecule has 1 fully saturated rings. The number of hydrogen-bond acceptors (Lipinski definition) is 4. The second kappa shape index (κ2) is 8.18. The summed E-state index contributed by atoms with van der Waals surface area (Å²) in [6, 6.07) is 5.77. The third kappa shape index (κ3) is 4.42. The summed E-state index contributed by atoms with van der Waals surface area (Å²) in [5.74, 6) is -1.31. The Balaban J connectivity index is 2.17. The van der Waals surface area contributed by atoms with Crippen LogP contribution in [0.5, 0.6) is 0 Å². The second-order valence-corrected chi connectivity index (χ2v) is 8.56. The Kier molecular flexibility index (Phi) is 6.41. The molecule has 8 heteroatoms. The summed E-state index contributed by atoms with van der Waals surface area (Å²) in [5.41, 5.74) is -0.394. The minimum atomic E-state index is -3.57. The van der Waals surface area contributed by atoms with Crippen LogP contribution in [0.15, 0.2) is 29.2 Å². The second-order valence-electron chi connectivity index (χ2n) is 6.63. The van der Waals surface area contributed by atoms with E-state index in [0.717, 1.165) is 12.8 Å². The molecule has 7 nitrogen and oxygen atoms in total. The molecule has 26 heavy (non-hydrogen) atoms. The third-order valence-corrected chi connectivity index (χ3v) is 6.95. The quantitative estimate of drug-likeness (QED) is 0.717. The zero-order valence-corrected chi connectivity index (χ0v) is 16.0. The van der Waals surface area contributed by atoms with Gasteiger partial charge in [-0.3, -0.25) is 9.59 Å². The van der Waals surface area contributed by atoms with Gasteiger partial charge in [-0.2, -0.15) is 4.31 Å². The topological polar surface area (TPSA) is 104 Å². The van der Waals surface area contributed by atoms with E-state index in [1.54, 1.807) is 13.8 Å². The summed E-state index contributed by atoms with van der Waals surface area (Å²) < 4.78 is 26.3. The molecular weight excluding hydrogens is 356 g/mol. The number of hydrogen-bond donors (Lipinski definition) is 2. The molecule has 0 aliphatic heterocycles. The van der Waals surface area contributed by atoms with Crippen LogP contribution >= 0.6 is 0 Å². The number of rotatable bonds is 8. The van der Waals surface area contributed by atoms with Gasteiger partial charge in [0.05, 0.1) is 16.9 Å². The first-order valence-corrected chi connectivity index (χ1v) is 10.3. The van der Waals surface area contributed by atoms with Crippen LogP contribution in [0.4, 0.5) is 0 Å². The molecule has 0 heterocycles. The van der Waals surface area contributed by atoms with Crippen LogP contribution in [0.25, 0.3) is 0 Å². The van der Waals surface area contributed by atoms with Crippen LogP contribution in [0, 0.1) is 0 Å². The fourth-order valence-electron chi connectivity index (χ4n) is 3.49. The minimum Gasteiger partial charge on any atom is -0.481 e. The van der Waals surface area contributed by atoms with Gasteiger partial charge in [-0.25, -0.2) is 8.42 Å². The number of carboxylic acids is 1. The number of nitrogens with zero attached hydrogens (tertiary/aromatic N) is 1. The highest BCUT2D eigenvalue weighted by Gasteiger charge is 2.37. The van der Waals surface area contributed by atoms with Crippen molar-refractivity contribution in [2.24, 2.45) is 0 Å². The summed E-state index contributed by atoms with van der Waals surface area (Å²) in [6.07, 6.45) is 2.94. The molecule has 0 atom stereocenters. The molecule has 1 amide bonds. The van der Waals surface area contributed by atoms with Crippen molar-refractivity contribution in [2.75, 3.05) is 13.1 Å². The lowest BCUT2D eigenvalue weighted by atomic mass is 9.92. The van der Waals surface area contributed by atoms with Gasteiger partial charge in [-0.1, -0.05) is 26.7 Å². The maximum absolute atomic E-state index is 12.5. The number of carboxylic acid groups (broad SMARTS) is 1. The number of sulfonamides is 1. The molecule has 0 radical (unpaired) electrons. The molecule has 1 saturated carbocycles. The van der Waals surface area contributed by atoms with Crippen LogP contribution < -0.4 is 5.32 Å². The lowest BCUT2D eigenvalue weighted by Crippen LogP contribution is -2.47. The first-order valence-electron chi connectivity index (χ1n) is 8.88. The molecule has 0 unspecified atom stereocenters. The Morgan fingerprint density at radius 3 is 2.12 bits per heavy atom. The zero-order valence-electron chi connectivity index (χ0n) is 15.2. The fourth-order valence-corrected chi connectivity index (χ4v) is 4.95. The van der Waals surface area contributed by atoms with Gasteiger partial charge in [0.15, 0.2) is 0 Å². The number of carbonyl (C=O) groups is 2. The molecule has 1 aromatic rings. The van der Waals surface area contributed by atoms with Crippen molar-refractivity contribution >= 4 is 21.9 Å². The summed E-state index contributed by atoms with van der Waals surface area (Å²) in [7, 11) is -3.57. The smallest absolute Gasteiger partial charge is 0.305 e. The largest absolute Gasteiger partial charge is 0.481 e. The lowest BCUT2D eigenvalue weighted by Gasteiger charge is -2.28. The predicted octanol–water partition coefficient (Wildman–Crippen LogP) is 2.23. The van der Waals surface area contributed by atoms with E-state index in [9.17, 15) is 18.0 Å². The average Bonchev–Trinajstić information content (AvgIpc) is 3.03. The van der Waals surface area contributed by atoms with Gasteiger partial charge >= 0.3 is 5.97 Å². The van der Waals surface area contributed by atoms with Crippen molar-refractivity contribution < 1.29 is 23.1 Å². The van der Waals surface area contributed by atoms with E-state index in [1.807, 2.05) is 0 Å². The Hall–Kier alpha value is -1.93. The molecule has 0 saturated heterocycles. The minimum absolute atomic E-state index is 0.104. The van der Waals surface area contributed by atoms with Crippen molar-refractivity contribution in [2.45, 2.75) is 56.4 Å². The summed E-state index contributed by atoms with van der Waals surface area (Å²) >= 11 is 0. The van der Waals surface area contributed by atoms with Crippen molar-refractivity contribution in [1.82, 2.24) is 9.62 Å². The Morgan fingerprint density at radius 2 is 1.65 bits per heavy atom. The number of benzene rings is 1. The van der Waals surface area contributed by atoms with E-state index in [2.05, 4.69) is 5.32 Å². The highest BCUT2D eigenvalue weighted by molar-refractivity contribution is 7.89. The van der Waals surface area contributed by atoms with E-state index in [4.69, 9.17) is 5.11 Å². The third-order valence-electron chi connectivity index (χ3n) is 4.89. The van der Waals surface area contributed by atoms with E-state index in [-0.39, 0.29) is 17.2 Å². The zero-order chi connectivity index (χ0) is 19.4. The fraction of sp³-hybridized carbons (Fsp3) is 0.556. The number of aliphatic carboxylic acids is 1. The molecule has 0 bridgehead atoms. The molecule has 144 valence electrons. The number of carbonyl (C=O) groups excluding carboxylic acids is 1. The van der Waals surface area contributed by atoms with E-state index >= 15 is 0 Å². The van der Waals surface area contributed by atoms with Crippen molar-refractivity contribution in [3.05, 3.63) is 29.8 Å². The van der Waals surface area contributed by atoms with Gasteiger partial charge in [0.25, 0.3) is 5.91 Å². The standard InChI is InChI=1S/C18H26N2O5S/c1-3-20(4-2)26(24,25)15-9-7-14(8-10-15)17(23)19-18(13-16(21)22)11-5-6-12-18/h7-10H,3-6,11-13H2,1-2H3,(H,19,23)(H,21,22). The lowest BCUT2D eigenvalue weighted by molar-refractivity contribution is -0.138. The maximum Gasteiger partial charge on any atom is 0.305 e. The first kappa shape index (κ1) is 20.4. The molecular formula is C18H26N2O5S. The highest BCUT2D eigenvalue weighted by atomic mass is 32.2. The normalized spacial score (nSPS) is 16.6. The van der Waals surface area contributed by atoms with Gasteiger partial charge in [0.2, 0.25) is 10.0 Å². The predicted molar refractivity (Wildman–Crippen MR) is 97.5 cm³/mol. The Bertz CT molecular complexity index is 748. The molecule has 0 spiro atoms. The van der Waals surface area contributed by atoms with Crippen LogP contribution in [0.1, 0.15) is 56.3 Å². The molecule has 1 aromatic carbocycles. The molecule has 2 rings (SSSR count). The van der Waals surface area contributed by atoms with Crippen molar-refractivity contribution in [3.63, 3.8) is 0 Å². The molecule has 1 aliphatic rings. The first-order chi connectivity index (χ1) is 12.2. The monoisotopic (exact) mass is 382 g/mol. The van der Waals surface area contributed by atoms with Crippen LogP contribution in [-0.4, -0.2) is 48.3 Å². The summed E-state index contributed by atoms with van der Waals surface area (Å²) in [6.45, 7) is 4.29. The van der Waals surface area contributed by atoms with Crippen LogP contribution in [-0.2, 0) is 14.8 Å². The van der Waals surface area contributed by atoms with Crippen molar-refractivity contribution in [1.29, 1.82) is 0 Å². The SMILES string of the molecule is CCN(CC)S(=O)(=O)c1ccc(C(=O)NC2(CC(=O)O)CCCC2)cc1. The van der Waals surface area contributed by atoms with E-state index in [0.29, 0.717) is 31.5 Å². The van der Waals surface area contributed by atoms with E-state index in [1.165, 1.54) is 28.6 Å². The Labute approximate surface area is 154 Å². The van der Waals surface area contributed by atoms with Gasteiger partial charge < -0.3 is 10.4 Å². The molecule has 2 N–H and O–H groups in total. The number of nitrogens with one attached hydrogen (secondary N) is 1. The van der Waals surface area contributed by atoms with Crippen LogP contribution in [0.3, 0.4) is 0 Å². The van der Waals surface area contributed by atoms with Gasteiger partial charge in [-0.05, 0) is 37.1 Å².